The second-order valence-electron chi connectivity index (χ2n) is 10.8. The van der Waals surface area contributed by atoms with Crippen LogP contribution in [-0.4, -0.2) is 60.1 Å². The highest BCUT2D eigenvalue weighted by Gasteiger charge is 2.53. The maximum absolute atomic E-state index is 13.6. The number of rotatable bonds is 2. The Kier molecular flexibility index (Phi) is 7.63. The van der Waals surface area contributed by atoms with Crippen molar-refractivity contribution in [3.8, 4) is 23.0 Å². The maximum Gasteiger partial charge on any atom is 0.266 e. The van der Waals surface area contributed by atoms with Gasteiger partial charge in [-0.3, -0.25) is 9.59 Å². The van der Waals surface area contributed by atoms with Crippen LogP contribution < -0.4 is 18.9 Å². The first-order valence-corrected chi connectivity index (χ1v) is 14.8. The van der Waals surface area contributed by atoms with Crippen molar-refractivity contribution in [1.82, 2.24) is 9.80 Å². The van der Waals surface area contributed by atoms with E-state index in [1.54, 1.807) is 9.80 Å². The molecule has 0 spiro atoms. The zero-order chi connectivity index (χ0) is 29.9. The van der Waals surface area contributed by atoms with Crippen molar-refractivity contribution < 1.29 is 28.5 Å². The van der Waals surface area contributed by atoms with Gasteiger partial charge < -0.3 is 28.7 Å². The number of carbonyl (C=O) groups is 2. The number of hydrogen-bond acceptors (Lipinski definition) is 6. The molecule has 0 saturated carbocycles. The molecule has 4 aromatic rings. The van der Waals surface area contributed by atoms with Crippen LogP contribution >= 0.6 is 0 Å². The van der Waals surface area contributed by atoms with Crippen molar-refractivity contribution >= 4 is 11.8 Å². The molecule has 4 bridgehead atoms. The number of amides is 2. The highest BCUT2D eigenvalue weighted by atomic mass is 16.5. The quantitative estimate of drug-likeness (QED) is 0.231. The Morgan fingerprint density at radius 1 is 0.477 bits per heavy atom. The second kappa shape index (κ2) is 12.2. The molecule has 5 heterocycles. The fraction of sp³-hybridized carbons (Fsp3) is 0.222. The summed E-state index contributed by atoms with van der Waals surface area (Å²) in [7, 11) is 0. The van der Waals surface area contributed by atoms with Crippen LogP contribution in [0.1, 0.15) is 23.2 Å². The Balaban J connectivity index is 1.22. The monoisotopic (exact) mass is 588 g/mol. The molecule has 5 aliphatic heterocycles. The summed E-state index contributed by atoms with van der Waals surface area (Å²) in [6.07, 6.45) is 2.28. The fourth-order valence-corrected chi connectivity index (χ4v) is 6.01. The molecule has 2 saturated heterocycles. The first-order chi connectivity index (χ1) is 21.7. The molecule has 0 aromatic heterocycles. The van der Waals surface area contributed by atoms with Crippen molar-refractivity contribution in [2.45, 2.75) is 24.3 Å². The van der Waals surface area contributed by atoms with Gasteiger partial charge in [0.2, 0.25) is 12.2 Å². The summed E-state index contributed by atoms with van der Waals surface area (Å²) in [4.78, 5) is 30.8. The van der Waals surface area contributed by atoms with Crippen LogP contribution in [-0.2, 0) is 9.59 Å². The minimum Gasteiger partial charge on any atom is -0.486 e. The molecule has 2 fully saturated rings. The van der Waals surface area contributed by atoms with Gasteiger partial charge in [-0.15, -0.1) is 0 Å². The lowest BCUT2D eigenvalue weighted by Gasteiger charge is -2.50. The average Bonchev–Trinajstić information content (AvgIpc) is 3.07. The van der Waals surface area contributed by atoms with Crippen molar-refractivity contribution in [3.05, 3.63) is 132 Å². The topological polar surface area (TPSA) is 77.5 Å². The Labute approximate surface area is 256 Å². The average molecular weight is 589 g/mol. The third kappa shape index (κ3) is 5.24. The molecule has 222 valence electrons. The SMILES string of the molecule is O=C1[C@H]2Oc3ccccc3OC/C=C\COc3ccccc3O[C@@H]3C(=O)N(CCN1[C@@H]2c1ccccc1)[C@@H]3c1ccccc1. The molecule has 44 heavy (non-hydrogen) atoms. The van der Waals surface area contributed by atoms with Gasteiger partial charge in [0, 0.05) is 13.1 Å². The summed E-state index contributed by atoms with van der Waals surface area (Å²) < 4.78 is 24.7. The molecule has 4 aromatic carbocycles. The first kappa shape index (κ1) is 27.6. The third-order valence-electron chi connectivity index (χ3n) is 8.21. The van der Waals surface area contributed by atoms with Crippen LogP contribution in [0.5, 0.6) is 23.0 Å². The number of nitrogens with zero attached hydrogens (tertiary/aromatic N) is 2. The normalized spacial score (nSPS) is 24.0. The van der Waals surface area contributed by atoms with Crippen LogP contribution in [0.15, 0.2) is 121 Å². The predicted octanol–water partition coefficient (Wildman–Crippen LogP) is 5.38. The highest BCUT2D eigenvalue weighted by molar-refractivity contribution is 5.91. The van der Waals surface area contributed by atoms with Crippen molar-refractivity contribution in [3.63, 3.8) is 0 Å². The van der Waals surface area contributed by atoms with E-state index in [4.69, 9.17) is 18.9 Å². The number of para-hydroxylation sites is 4. The molecular formula is C36H32N2O6. The van der Waals surface area contributed by atoms with Gasteiger partial charge in [0.15, 0.2) is 23.0 Å². The molecule has 0 N–H and O–H groups in total. The van der Waals surface area contributed by atoms with Gasteiger partial charge in [-0.1, -0.05) is 84.9 Å². The summed E-state index contributed by atoms with van der Waals surface area (Å²) in [6, 6.07) is 33.8. The molecule has 8 nitrogen and oxygen atoms in total. The van der Waals surface area contributed by atoms with Crippen molar-refractivity contribution in [2.24, 2.45) is 0 Å². The molecule has 0 radical (unpaired) electrons. The maximum atomic E-state index is 13.6. The minimum absolute atomic E-state index is 0.133. The van der Waals surface area contributed by atoms with Gasteiger partial charge in [-0.2, -0.15) is 0 Å². The molecule has 0 unspecified atom stereocenters. The molecule has 0 aliphatic carbocycles. The second-order valence-corrected chi connectivity index (χ2v) is 10.8. The number of benzene rings is 4. The molecule has 9 rings (SSSR count). The first-order valence-electron chi connectivity index (χ1n) is 14.8. The lowest BCUT2D eigenvalue weighted by atomic mass is 9.88. The van der Waals surface area contributed by atoms with E-state index < -0.39 is 12.2 Å². The van der Waals surface area contributed by atoms with Crippen LogP contribution in [0.3, 0.4) is 0 Å². The number of ether oxygens (including phenoxy) is 4. The van der Waals surface area contributed by atoms with E-state index in [-0.39, 0.29) is 23.9 Å². The van der Waals surface area contributed by atoms with Gasteiger partial charge in [0.05, 0.1) is 0 Å². The highest BCUT2D eigenvalue weighted by Crippen LogP contribution is 2.42. The summed E-state index contributed by atoms with van der Waals surface area (Å²) in [5.41, 5.74) is 1.93. The van der Waals surface area contributed by atoms with E-state index in [1.165, 1.54) is 0 Å². The smallest absolute Gasteiger partial charge is 0.266 e. The fourth-order valence-electron chi connectivity index (χ4n) is 6.01. The molecule has 8 heteroatoms. The van der Waals surface area contributed by atoms with E-state index >= 15 is 0 Å². The van der Waals surface area contributed by atoms with Crippen LogP contribution in [0.2, 0.25) is 0 Å². The van der Waals surface area contributed by atoms with E-state index in [2.05, 4.69) is 0 Å². The number of carbonyl (C=O) groups excluding carboxylic acids is 2. The van der Waals surface area contributed by atoms with Crippen molar-refractivity contribution in [1.29, 1.82) is 0 Å². The third-order valence-corrected chi connectivity index (χ3v) is 8.21. The molecular weight excluding hydrogens is 556 g/mol. The van der Waals surface area contributed by atoms with E-state index in [1.807, 2.05) is 121 Å². The van der Waals surface area contributed by atoms with Crippen LogP contribution in [0, 0.1) is 0 Å². The Hall–Kier alpha value is -5.24. The van der Waals surface area contributed by atoms with Gasteiger partial charge in [-0.25, -0.2) is 0 Å². The Morgan fingerprint density at radius 2 is 0.841 bits per heavy atom. The van der Waals surface area contributed by atoms with E-state index in [9.17, 15) is 9.59 Å². The largest absolute Gasteiger partial charge is 0.486 e. The van der Waals surface area contributed by atoms with Gasteiger partial charge in [0.1, 0.15) is 25.3 Å². The summed E-state index contributed by atoms with van der Waals surface area (Å²) in [5, 5.41) is 0. The zero-order valence-corrected chi connectivity index (χ0v) is 24.0. The van der Waals surface area contributed by atoms with Gasteiger partial charge in [0.25, 0.3) is 11.8 Å². The number of hydrogen-bond donors (Lipinski definition) is 0. The number of β-lactam (4-membered cyclic amide) rings is 2. The Morgan fingerprint density at radius 3 is 1.25 bits per heavy atom. The molecule has 4 atom stereocenters. The Bertz CT molecular complexity index is 1540. The zero-order valence-electron chi connectivity index (χ0n) is 24.0. The lowest BCUT2D eigenvalue weighted by molar-refractivity contribution is -0.172. The lowest BCUT2D eigenvalue weighted by Crippen LogP contribution is -2.66. The summed E-state index contributed by atoms with van der Waals surface area (Å²) in [5.74, 6) is 1.83. The molecule has 2 amide bonds. The van der Waals surface area contributed by atoms with Gasteiger partial charge >= 0.3 is 0 Å². The molecule has 5 aliphatic rings. The van der Waals surface area contributed by atoms with Crippen LogP contribution in [0.4, 0.5) is 0 Å². The van der Waals surface area contributed by atoms with E-state index in [0.717, 1.165) is 11.1 Å². The van der Waals surface area contributed by atoms with Gasteiger partial charge in [-0.05, 0) is 47.5 Å². The summed E-state index contributed by atoms with van der Waals surface area (Å²) >= 11 is 0. The van der Waals surface area contributed by atoms with Crippen molar-refractivity contribution in [2.75, 3.05) is 26.3 Å². The minimum atomic E-state index is -0.721. The standard InChI is InChI=1S/C36H32N2O6/c39-35-33-31(25-13-3-1-4-14-25)37(35)21-22-38-32(26-15-5-2-6-16-26)34(36(38)40)44-30-20-10-8-18-28(30)42-24-12-11-23-41-27-17-7-9-19-29(27)43-33/h1-20,31-34H,21-24H2/b12-11-/t31-,32-,33+,34+/m1/s1. The van der Waals surface area contributed by atoms with E-state index in [0.29, 0.717) is 49.3 Å². The summed E-state index contributed by atoms with van der Waals surface area (Å²) in [6.45, 7) is 1.28. The predicted molar refractivity (Wildman–Crippen MR) is 164 cm³/mol. The van der Waals surface area contributed by atoms with Crippen LogP contribution in [0.25, 0.3) is 0 Å².